The number of ether oxygens (including phenoxy) is 1. The highest BCUT2D eigenvalue weighted by Gasteiger charge is 2.33. The van der Waals surface area contributed by atoms with Crippen LogP contribution in [-0.4, -0.2) is 28.9 Å². The summed E-state index contributed by atoms with van der Waals surface area (Å²) >= 11 is 1.62. The Bertz CT molecular complexity index is 649. The molecule has 3 rings (SSSR count). The van der Waals surface area contributed by atoms with Crippen molar-refractivity contribution in [3.8, 4) is 5.75 Å². The van der Waals surface area contributed by atoms with E-state index in [-0.39, 0.29) is 5.91 Å². The summed E-state index contributed by atoms with van der Waals surface area (Å²) < 4.78 is 5.20. The van der Waals surface area contributed by atoms with E-state index in [1.807, 2.05) is 35.4 Å². The van der Waals surface area contributed by atoms with Crippen LogP contribution in [0.1, 0.15) is 33.9 Å². The number of aryl methyl sites for hydroxylation is 1. The molecule has 0 radical (unpaired) electrons. The van der Waals surface area contributed by atoms with Gasteiger partial charge in [0.25, 0.3) is 5.91 Å². The molecule has 1 heterocycles. The van der Waals surface area contributed by atoms with E-state index in [1.165, 1.54) is 0 Å². The molecule has 0 N–H and O–H groups in total. The molecular formula is C16H18N2O2S. The Hall–Kier alpha value is -1.88. The monoisotopic (exact) mass is 302 g/mol. The number of thiazole rings is 1. The van der Waals surface area contributed by atoms with Crippen molar-refractivity contribution in [1.82, 2.24) is 9.88 Å². The SMILES string of the molecule is COc1cccc(C(=O)N(Cc2csc(C)n2)C2CC2)c1. The van der Waals surface area contributed by atoms with Crippen LogP contribution in [-0.2, 0) is 6.54 Å². The zero-order chi connectivity index (χ0) is 14.8. The minimum absolute atomic E-state index is 0.0575. The van der Waals surface area contributed by atoms with Crippen molar-refractivity contribution in [3.05, 3.63) is 45.9 Å². The number of rotatable bonds is 5. The Balaban J connectivity index is 1.81. The summed E-state index contributed by atoms with van der Waals surface area (Å²) in [5.74, 6) is 0.767. The van der Waals surface area contributed by atoms with Crippen LogP contribution in [0.15, 0.2) is 29.6 Å². The maximum absolute atomic E-state index is 12.8. The first-order valence-corrected chi connectivity index (χ1v) is 7.91. The van der Waals surface area contributed by atoms with Crippen LogP contribution >= 0.6 is 11.3 Å². The standard InChI is InChI=1S/C16H18N2O2S/c1-11-17-13(10-21-11)9-18(14-6-7-14)16(19)12-4-3-5-15(8-12)20-2/h3-5,8,10,14H,6-7,9H2,1-2H3. The van der Waals surface area contributed by atoms with Gasteiger partial charge in [-0.1, -0.05) is 6.07 Å². The second kappa shape index (κ2) is 5.85. The largest absolute Gasteiger partial charge is 0.497 e. The van der Waals surface area contributed by atoms with Gasteiger partial charge >= 0.3 is 0 Å². The summed E-state index contributed by atoms with van der Waals surface area (Å²) in [6.45, 7) is 2.57. The summed E-state index contributed by atoms with van der Waals surface area (Å²) in [5, 5.41) is 3.07. The van der Waals surface area contributed by atoms with Gasteiger partial charge in [-0.05, 0) is 38.0 Å². The molecule has 2 aromatic rings. The molecule has 4 nitrogen and oxygen atoms in total. The zero-order valence-corrected chi connectivity index (χ0v) is 13.0. The van der Waals surface area contributed by atoms with Crippen molar-refractivity contribution in [2.75, 3.05) is 7.11 Å². The lowest BCUT2D eigenvalue weighted by atomic mass is 10.2. The van der Waals surface area contributed by atoms with E-state index in [2.05, 4.69) is 4.98 Å². The Morgan fingerprint density at radius 2 is 2.29 bits per heavy atom. The lowest BCUT2D eigenvalue weighted by molar-refractivity contribution is 0.0727. The lowest BCUT2D eigenvalue weighted by Crippen LogP contribution is -2.32. The summed E-state index contributed by atoms with van der Waals surface area (Å²) in [6.07, 6.45) is 2.16. The lowest BCUT2D eigenvalue weighted by Gasteiger charge is -2.21. The predicted octanol–water partition coefficient (Wildman–Crippen LogP) is 3.26. The summed E-state index contributed by atoms with van der Waals surface area (Å²) in [7, 11) is 1.61. The van der Waals surface area contributed by atoms with Crippen molar-refractivity contribution >= 4 is 17.2 Å². The number of carbonyl (C=O) groups is 1. The van der Waals surface area contributed by atoms with Crippen LogP contribution < -0.4 is 4.74 Å². The smallest absolute Gasteiger partial charge is 0.254 e. The molecule has 1 fully saturated rings. The van der Waals surface area contributed by atoms with Crippen molar-refractivity contribution in [2.24, 2.45) is 0 Å². The van der Waals surface area contributed by atoms with Gasteiger partial charge in [0.1, 0.15) is 5.75 Å². The Kier molecular flexibility index (Phi) is 3.92. The minimum Gasteiger partial charge on any atom is -0.497 e. The third-order valence-electron chi connectivity index (χ3n) is 3.56. The highest BCUT2D eigenvalue weighted by Crippen LogP contribution is 2.30. The van der Waals surface area contributed by atoms with E-state index in [4.69, 9.17) is 4.74 Å². The first-order valence-electron chi connectivity index (χ1n) is 7.03. The molecule has 1 saturated carbocycles. The second-order valence-electron chi connectivity index (χ2n) is 5.25. The van der Waals surface area contributed by atoms with E-state index < -0.39 is 0 Å². The molecule has 21 heavy (non-hydrogen) atoms. The third kappa shape index (κ3) is 3.24. The number of methoxy groups -OCH3 is 1. The van der Waals surface area contributed by atoms with Gasteiger partial charge in [-0.15, -0.1) is 11.3 Å². The summed E-state index contributed by atoms with van der Waals surface area (Å²) in [4.78, 5) is 19.2. The average Bonchev–Trinajstić information content (AvgIpc) is 3.27. The number of benzene rings is 1. The van der Waals surface area contributed by atoms with Crippen molar-refractivity contribution < 1.29 is 9.53 Å². The van der Waals surface area contributed by atoms with E-state index in [9.17, 15) is 4.79 Å². The number of hydrogen-bond acceptors (Lipinski definition) is 4. The fraction of sp³-hybridized carbons (Fsp3) is 0.375. The van der Waals surface area contributed by atoms with Gasteiger partial charge in [-0.3, -0.25) is 4.79 Å². The van der Waals surface area contributed by atoms with Crippen molar-refractivity contribution in [1.29, 1.82) is 0 Å². The zero-order valence-electron chi connectivity index (χ0n) is 12.2. The average molecular weight is 302 g/mol. The van der Waals surface area contributed by atoms with Gasteiger partial charge in [0, 0.05) is 17.0 Å². The molecule has 0 aliphatic heterocycles. The number of nitrogens with zero attached hydrogens (tertiary/aromatic N) is 2. The number of aromatic nitrogens is 1. The predicted molar refractivity (Wildman–Crippen MR) is 82.7 cm³/mol. The molecular weight excluding hydrogens is 284 g/mol. The first kappa shape index (κ1) is 14.1. The molecule has 5 heteroatoms. The van der Waals surface area contributed by atoms with Crippen LogP contribution in [0.4, 0.5) is 0 Å². The molecule has 0 atom stereocenters. The number of amides is 1. The van der Waals surface area contributed by atoms with Gasteiger partial charge in [-0.2, -0.15) is 0 Å². The second-order valence-corrected chi connectivity index (χ2v) is 6.32. The number of carbonyl (C=O) groups excluding carboxylic acids is 1. The van der Waals surface area contributed by atoms with Crippen molar-refractivity contribution in [3.63, 3.8) is 0 Å². The molecule has 0 saturated heterocycles. The third-order valence-corrected chi connectivity index (χ3v) is 4.39. The van der Waals surface area contributed by atoms with Crippen LogP contribution in [0.25, 0.3) is 0 Å². The van der Waals surface area contributed by atoms with E-state index in [0.717, 1.165) is 23.5 Å². The maximum Gasteiger partial charge on any atom is 0.254 e. The Labute approximate surface area is 128 Å². The number of hydrogen-bond donors (Lipinski definition) is 0. The molecule has 1 aromatic heterocycles. The maximum atomic E-state index is 12.8. The fourth-order valence-electron chi connectivity index (χ4n) is 2.33. The fourth-order valence-corrected chi connectivity index (χ4v) is 2.93. The van der Waals surface area contributed by atoms with Crippen LogP contribution in [0.5, 0.6) is 5.75 Å². The van der Waals surface area contributed by atoms with Gasteiger partial charge in [-0.25, -0.2) is 4.98 Å². The highest BCUT2D eigenvalue weighted by atomic mass is 32.1. The molecule has 0 spiro atoms. The molecule has 0 bridgehead atoms. The van der Waals surface area contributed by atoms with E-state index in [0.29, 0.717) is 23.9 Å². The molecule has 110 valence electrons. The van der Waals surface area contributed by atoms with Crippen LogP contribution in [0.2, 0.25) is 0 Å². The van der Waals surface area contributed by atoms with Gasteiger partial charge in [0.15, 0.2) is 0 Å². The van der Waals surface area contributed by atoms with Gasteiger partial charge < -0.3 is 9.64 Å². The molecule has 1 aliphatic carbocycles. The molecule has 0 unspecified atom stereocenters. The van der Waals surface area contributed by atoms with Gasteiger partial charge in [0.2, 0.25) is 0 Å². The molecule has 1 amide bonds. The molecule has 1 aliphatic rings. The summed E-state index contributed by atoms with van der Waals surface area (Å²) in [6, 6.07) is 7.69. The quantitative estimate of drug-likeness (QED) is 0.851. The van der Waals surface area contributed by atoms with Crippen LogP contribution in [0.3, 0.4) is 0 Å². The van der Waals surface area contributed by atoms with E-state index in [1.54, 1.807) is 24.5 Å². The topological polar surface area (TPSA) is 42.4 Å². The highest BCUT2D eigenvalue weighted by molar-refractivity contribution is 7.09. The minimum atomic E-state index is 0.0575. The normalized spacial score (nSPS) is 14.0. The summed E-state index contributed by atoms with van der Waals surface area (Å²) in [5.41, 5.74) is 1.65. The van der Waals surface area contributed by atoms with E-state index >= 15 is 0 Å². The molecule has 1 aromatic carbocycles. The Morgan fingerprint density at radius 1 is 1.48 bits per heavy atom. The van der Waals surface area contributed by atoms with Gasteiger partial charge in [0.05, 0.1) is 24.4 Å². The Morgan fingerprint density at radius 3 is 2.90 bits per heavy atom. The first-order chi connectivity index (χ1) is 10.2. The van der Waals surface area contributed by atoms with Crippen molar-refractivity contribution in [2.45, 2.75) is 32.4 Å². The van der Waals surface area contributed by atoms with Crippen LogP contribution in [0, 0.1) is 6.92 Å².